The number of rotatable bonds is 4. The minimum atomic E-state index is -0.0897. The van der Waals surface area contributed by atoms with Crippen molar-refractivity contribution in [2.75, 3.05) is 31.1 Å². The number of amides is 2. The SMILES string of the molecule is CCc1nc(C(C)NC(=O)N2CCN(c3cccc(O)c3)CC2)cs1. The summed E-state index contributed by atoms with van der Waals surface area (Å²) in [5.74, 6) is 0.265. The molecular formula is C18H24N4O2S. The largest absolute Gasteiger partial charge is 0.508 e. The predicted molar refractivity (Wildman–Crippen MR) is 100 cm³/mol. The third kappa shape index (κ3) is 4.22. The van der Waals surface area contributed by atoms with E-state index in [1.807, 2.05) is 29.3 Å². The highest BCUT2D eigenvalue weighted by atomic mass is 32.1. The van der Waals surface area contributed by atoms with Crippen LogP contribution in [0.4, 0.5) is 10.5 Å². The van der Waals surface area contributed by atoms with E-state index in [-0.39, 0.29) is 17.8 Å². The molecule has 2 heterocycles. The molecule has 134 valence electrons. The Bertz CT molecular complexity index is 725. The van der Waals surface area contributed by atoms with Gasteiger partial charge in [-0.2, -0.15) is 0 Å². The van der Waals surface area contributed by atoms with Crippen LogP contribution in [0, 0.1) is 0 Å². The summed E-state index contributed by atoms with van der Waals surface area (Å²) in [7, 11) is 0. The monoisotopic (exact) mass is 360 g/mol. The molecule has 1 aromatic heterocycles. The number of carbonyl (C=O) groups is 1. The van der Waals surface area contributed by atoms with Crippen LogP contribution in [0.3, 0.4) is 0 Å². The van der Waals surface area contributed by atoms with Gasteiger partial charge in [-0.05, 0) is 25.5 Å². The van der Waals surface area contributed by atoms with Gasteiger partial charge in [-0.15, -0.1) is 11.3 Å². The molecule has 1 unspecified atom stereocenters. The lowest BCUT2D eigenvalue weighted by atomic mass is 10.2. The quantitative estimate of drug-likeness (QED) is 0.879. The maximum absolute atomic E-state index is 12.5. The number of urea groups is 1. The van der Waals surface area contributed by atoms with E-state index in [2.05, 4.69) is 22.1 Å². The summed E-state index contributed by atoms with van der Waals surface area (Å²) in [4.78, 5) is 21.0. The van der Waals surface area contributed by atoms with Crippen molar-refractivity contribution in [2.24, 2.45) is 0 Å². The fraction of sp³-hybridized carbons (Fsp3) is 0.444. The van der Waals surface area contributed by atoms with Crippen molar-refractivity contribution in [3.63, 3.8) is 0 Å². The van der Waals surface area contributed by atoms with Crippen LogP contribution in [0.5, 0.6) is 5.75 Å². The van der Waals surface area contributed by atoms with Gasteiger partial charge >= 0.3 is 6.03 Å². The van der Waals surface area contributed by atoms with E-state index in [1.54, 1.807) is 23.5 Å². The zero-order valence-corrected chi connectivity index (χ0v) is 15.4. The lowest BCUT2D eigenvalue weighted by Gasteiger charge is -2.36. The topological polar surface area (TPSA) is 68.7 Å². The Morgan fingerprint density at radius 1 is 1.36 bits per heavy atom. The zero-order valence-electron chi connectivity index (χ0n) is 14.6. The number of phenols is 1. The number of hydrogen-bond acceptors (Lipinski definition) is 5. The first-order valence-corrected chi connectivity index (χ1v) is 9.48. The predicted octanol–water partition coefficient (Wildman–Crippen LogP) is 3.00. The minimum absolute atomic E-state index is 0.0471. The number of phenolic OH excluding ortho intramolecular Hbond substituents is 1. The smallest absolute Gasteiger partial charge is 0.318 e. The van der Waals surface area contributed by atoms with Crippen molar-refractivity contribution in [3.05, 3.63) is 40.3 Å². The van der Waals surface area contributed by atoms with Gasteiger partial charge in [-0.3, -0.25) is 0 Å². The van der Waals surface area contributed by atoms with Crippen LogP contribution >= 0.6 is 11.3 Å². The Morgan fingerprint density at radius 2 is 2.12 bits per heavy atom. The van der Waals surface area contributed by atoms with Crippen LogP contribution in [-0.4, -0.2) is 47.2 Å². The molecule has 2 aromatic rings. The highest BCUT2D eigenvalue weighted by Crippen LogP contribution is 2.22. The van der Waals surface area contributed by atoms with Gasteiger partial charge in [0.2, 0.25) is 0 Å². The van der Waals surface area contributed by atoms with E-state index >= 15 is 0 Å². The second-order valence-corrected chi connectivity index (χ2v) is 7.13. The molecule has 2 N–H and O–H groups in total. The van der Waals surface area contributed by atoms with E-state index < -0.39 is 0 Å². The standard InChI is InChI=1S/C18H24N4O2S/c1-3-17-20-16(12-25-17)13(2)19-18(24)22-9-7-21(8-10-22)14-5-4-6-15(23)11-14/h4-6,11-13,23H,3,7-10H2,1-2H3,(H,19,24). The van der Waals surface area contributed by atoms with Crippen LogP contribution < -0.4 is 10.2 Å². The molecule has 7 heteroatoms. The molecule has 1 aliphatic rings. The zero-order chi connectivity index (χ0) is 17.8. The first kappa shape index (κ1) is 17.5. The molecule has 2 amide bonds. The highest BCUT2D eigenvalue weighted by molar-refractivity contribution is 7.09. The number of anilines is 1. The summed E-state index contributed by atoms with van der Waals surface area (Å²) >= 11 is 1.64. The molecule has 0 bridgehead atoms. The highest BCUT2D eigenvalue weighted by Gasteiger charge is 2.23. The fourth-order valence-electron chi connectivity index (χ4n) is 2.89. The summed E-state index contributed by atoms with van der Waals surface area (Å²) < 4.78 is 0. The van der Waals surface area contributed by atoms with Crippen LogP contribution in [0.15, 0.2) is 29.6 Å². The number of hydrogen-bond donors (Lipinski definition) is 2. The average molecular weight is 360 g/mol. The van der Waals surface area contributed by atoms with Gasteiger partial charge in [-0.25, -0.2) is 9.78 Å². The van der Waals surface area contributed by atoms with Gasteiger partial charge in [0.1, 0.15) is 5.75 Å². The Labute approximate surface area is 152 Å². The Kier molecular flexibility index (Phi) is 5.43. The molecular weight excluding hydrogens is 336 g/mol. The molecule has 25 heavy (non-hydrogen) atoms. The maximum Gasteiger partial charge on any atom is 0.318 e. The van der Waals surface area contributed by atoms with Crippen molar-refractivity contribution >= 4 is 23.1 Å². The van der Waals surface area contributed by atoms with E-state index in [0.717, 1.165) is 35.9 Å². The number of aromatic hydroxyl groups is 1. The van der Waals surface area contributed by atoms with Crippen LogP contribution in [0.25, 0.3) is 0 Å². The van der Waals surface area contributed by atoms with Gasteiger partial charge in [-0.1, -0.05) is 13.0 Å². The van der Waals surface area contributed by atoms with E-state index in [9.17, 15) is 9.90 Å². The van der Waals surface area contributed by atoms with Gasteiger partial charge in [0, 0.05) is 43.3 Å². The van der Waals surface area contributed by atoms with Crippen molar-refractivity contribution in [1.82, 2.24) is 15.2 Å². The van der Waals surface area contributed by atoms with Crippen molar-refractivity contribution in [2.45, 2.75) is 26.3 Å². The number of nitrogens with one attached hydrogen (secondary N) is 1. The van der Waals surface area contributed by atoms with Gasteiger partial charge < -0.3 is 20.2 Å². The second kappa shape index (κ2) is 7.74. The average Bonchev–Trinajstić information content (AvgIpc) is 3.11. The summed E-state index contributed by atoms with van der Waals surface area (Å²) in [6.07, 6.45) is 0.919. The van der Waals surface area contributed by atoms with Crippen LogP contribution in [0.1, 0.15) is 30.6 Å². The molecule has 0 radical (unpaired) electrons. The summed E-state index contributed by atoms with van der Waals surface area (Å²) in [5.41, 5.74) is 1.91. The molecule has 1 aliphatic heterocycles. The number of benzene rings is 1. The fourth-order valence-corrected chi connectivity index (χ4v) is 3.73. The third-order valence-corrected chi connectivity index (χ3v) is 5.43. The number of aryl methyl sites for hydroxylation is 1. The van der Waals surface area contributed by atoms with E-state index in [0.29, 0.717) is 13.1 Å². The lowest BCUT2D eigenvalue weighted by molar-refractivity contribution is 0.191. The van der Waals surface area contributed by atoms with Gasteiger partial charge in [0.15, 0.2) is 0 Å². The second-order valence-electron chi connectivity index (χ2n) is 6.18. The van der Waals surface area contributed by atoms with Crippen molar-refractivity contribution < 1.29 is 9.90 Å². The lowest BCUT2D eigenvalue weighted by Crippen LogP contribution is -2.52. The number of thiazole rings is 1. The van der Waals surface area contributed by atoms with Gasteiger partial charge in [0.05, 0.1) is 16.7 Å². The number of piperazine rings is 1. The normalized spacial score (nSPS) is 15.9. The van der Waals surface area contributed by atoms with Crippen molar-refractivity contribution in [1.29, 1.82) is 0 Å². The molecule has 0 spiro atoms. The summed E-state index contributed by atoms with van der Waals surface area (Å²) in [5, 5.41) is 15.8. The molecule has 6 nitrogen and oxygen atoms in total. The third-order valence-electron chi connectivity index (χ3n) is 4.42. The molecule has 3 rings (SSSR count). The summed E-state index contributed by atoms with van der Waals surface area (Å²) in [6.45, 7) is 6.87. The molecule has 1 fully saturated rings. The molecule has 1 saturated heterocycles. The molecule has 0 aliphatic carbocycles. The molecule has 1 aromatic carbocycles. The number of carbonyl (C=O) groups excluding carboxylic acids is 1. The Balaban J connectivity index is 1.52. The summed E-state index contributed by atoms with van der Waals surface area (Å²) in [6, 6.07) is 7.10. The minimum Gasteiger partial charge on any atom is -0.508 e. The molecule has 1 atom stereocenters. The Hall–Kier alpha value is -2.28. The van der Waals surface area contributed by atoms with E-state index in [4.69, 9.17) is 0 Å². The number of nitrogens with zero attached hydrogens (tertiary/aromatic N) is 3. The maximum atomic E-state index is 12.5. The van der Waals surface area contributed by atoms with Crippen molar-refractivity contribution in [3.8, 4) is 5.75 Å². The Morgan fingerprint density at radius 3 is 2.76 bits per heavy atom. The first-order chi connectivity index (χ1) is 12.1. The number of aromatic nitrogens is 1. The van der Waals surface area contributed by atoms with E-state index in [1.165, 1.54) is 0 Å². The first-order valence-electron chi connectivity index (χ1n) is 8.60. The van der Waals surface area contributed by atoms with Crippen LogP contribution in [0.2, 0.25) is 0 Å². The van der Waals surface area contributed by atoms with Crippen LogP contribution in [-0.2, 0) is 6.42 Å². The molecule has 0 saturated carbocycles. The van der Waals surface area contributed by atoms with Gasteiger partial charge in [0.25, 0.3) is 0 Å².